The summed E-state index contributed by atoms with van der Waals surface area (Å²) in [5.74, 6) is -3.39. The van der Waals surface area contributed by atoms with Crippen LogP contribution in [0.25, 0.3) is 0 Å². The number of carbonyl (C=O) groups is 2. The van der Waals surface area contributed by atoms with Crippen LogP contribution in [0.1, 0.15) is 18.4 Å². The van der Waals surface area contributed by atoms with E-state index in [1.807, 2.05) is 5.32 Å². The number of benzene rings is 1. The Labute approximate surface area is 129 Å². The van der Waals surface area contributed by atoms with E-state index < -0.39 is 35.1 Å². The van der Waals surface area contributed by atoms with Crippen molar-refractivity contribution < 1.29 is 31.9 Å². The number of halogens is 4. The van der Waals surface area contributed by atoms with Crippen molar-refractivity contribution in [1.29, 1.82) is 0 Å². The molecule has 126 valence electrons. The largest absolute Gasteiger partial charge is 0.416 e. The van der Waals surface area contributed by atoms with Crippen LogP contribution >= 0.6 is 0 Å². The Bertz CT molecular complexity index is 598. The van der Waals surface area contributed by atoms with Gasteiger partial charge in [-0.3, -0.25) is 9.59 Å². The van der Waals surface area contributed by atoms with E-state index in [-0.39, 0.29) is 12.6 Å². The van der Waals surface area contributed by atoms with Gasteiger partial charge >= 0.3 is 18.0 Å². The molecule has 1 heterocycles. The van der Waals surface area contributed by atoms with Crippen LogP contribution in [-0.4, -0.2) is 31.1 Å². The molecular formula is C14H14F4N2O3. The molecule has 0 aliphatic carbocycles. The minimum Gasteiger partial charge on any atom is -0.376 e. The number of hydrogen-bond acceptors (Lipinski definition) is 3. The molecule has 1 aliphatic rings. The van der Waals surface area contributed by atoms with Crippen LogP contribution < -0.4 is 10.6 Å². The maximum atomic E-state index is 13.5. The summed E-state index contributed by atoms with van der Waals surface area (Å²) in [6, 6.07) is 1.55. The summed E-state index contributed by atoms with van der Waals surface area (Å²) in [7, 11) is 0. The Morgan fingerprint density at radius 3 is 2.61 bits per heavy atom. The first-order valence-corrected chi connectivity index (χ1v) is 6.85. The fourth-order valence-corrected chi connectivity index (χ4v) is 2.07. The zero-order valence-corrected chi connectivity index (χ0v) is 11.9. The van der Waals surface area contributed by atoms with Gasteiger partial charge in [-0.25, -0.2) is 4.39 Å². The van der Waals surface area contributed by atoms with Gasteiger partial charge in [0, 0.05) is 13.2 Å². The summed E-state index contributed by atoms with van der Waals surface area (Å²) in [5.41, 5.74) is -1.84. The molecule has 0 aromatic heterocycles. The third-order valence-electron chi connectivity index (χ3n) is 3.26. The number of amides is 2. The van der Waals surface area contributed by atoms with Gasteiger partial charge in [-0.1, -0.05) is 0 Å². The number of carbonyl (C=O) groups excluding carboxylic acids is 2. The Balaban J connectivity index is 1.97. The highest BCUT2D eigenvalue weighted by atomic mass is 19.4. The summed E-state index contributed by atoms with van der Waals surface area (Å²) >= 11 is 0. The van der Waals surface area contributed by atoms with Crippen molar-refractivity contribution in [2.24, 2.45) is 0 Å². The second-order valence-corrected chi connectivity index (χ2v) is 4.99. The minimum absolute atomic E-state index is 0.108. The average molecular weight is 334 g/mol. The Kier molecular flexibility index (Phi) is 5.19. The first kappa shape index (κ1) is 17.2. The van der Waals surface area contributed by atoms with E-state index in [0.717, 1.165) is 12.8 Å². The summed E-state index contributed by atoms with van der Waals surface area (Å²) in [6.45, 7) is 0.680. The third kappa shape index (κ3) is 4.65. The molecule has 0 radical (unpaired) electrons. The van der Waals surface area contributed by atoms with Crippen molar-refractivity contribution in [1.82, 2.24) is 5.32 Å². The molecule has 1 aromatic rings. The predicted molar refractivity (Wildman–Crippen MR) is 72.0 cm³/mol. The van der Waals surface area contributed by atoms with E-state index in [9.17, 15) is 27.2 Å². The third-order valence-corrected chi connectivity index (χ3v) is 3.26. The lowest BCUT2D eigenvalue weighted by Crippen LogP contribution is -2.39. The summed E-state index contributed by atoms with van der Waals surface area (Å²) in [6.07, 6.45) is -3.29. The van der Waals surface area contributed by atoms with E-state index in [1.165, 1.54) is 0 Å². The smallest absolute Gasteiger partial charge is 0.376 e. The van der Waals surface area contributed by atoms with Gasteiger partial charge in [-0.15, -0.1) is 0 Å². The molecule has 1 aliphatic heterocycles. The lowest BCUT2D eigenvalue weighted by atomic mass is 10.2. The standard InChI is InChI=1S/C14H14F4N2O3/c15-10-4-3-8(14(16,17)18)6-11(10)20-13(22)12(21)19-7-9-2-1-5-23-9/h3-4,6,9H,1-2,5,7H2,(H,19,21)(H,20,22). The van der Waals surface area contributed by atoms with Crippen molar-refractivity contribution in [3.63, 3.8) is 0 Å². The number of anilines is 1. The number of rotatable bonds is 3. The van der Waals surface area contributed by atoms with Crippen molar-refractivity contribution in [2.75, 3.05) is 18.5 Å². The van der Waals surface area contributed by atoms with E-state index in [2.05, 4.69) is 5.32 Å². The fraction of sp³-hybridized carbons (Fsp3) is 0.429. The molecule has 0 saturated carbocycles. The van der Waals surface area contributed by atoms with Gasteiger partial charge in [0.1, 0.15) is 5.82 Å². The predicted octanol–water partition coefficient (Wildman–Crippen LogP) is 2.08. The summed E-state index contributed by atoms with van der Waals surface area (Å²) in [4.78, 5) is 23.2. The molecule has 2 amide bonds. The molecule has 1 saturated heterocycles. The SMILES string of the molecule is O=C(NCC1CCCO1)C(=O)Nc1cc(C(F)(F)F)ccc1F. The molecule has 0 bridgehead atoms. The fourth-order valence-electron chi connectivity index (χ4n) is 2.07. The number of alkyl halides is 3. The number of hydrogen-bond donors (Lipinski definition) is 2. The van der Waals surface area contributed by atoms with Crippen LogP contribution in [0.15, 0.2) is 18.2 Å². The molecule has 1 atom stereocenters. The quantitative estimate of drug-likeness (QED) is 0.657. The van der Waals surface area contributed by atoms with E-state index in [1.54, 1.807) is 0 Å². The Morgan fingerprint density at radius 2 is 2.00 bits per heavy atom. The van der Waals surface area contributed by atoms with Crippen LogP contribution in [0.2, 0.25) is 0 Å². The van der Waals surface area contributed by atoms with Crippen molar-refractivity contribution in [3.8, 4) is 0 Å². The van der Waals surface area contributed by atoms with Crippen molar-refractivity contribution >= 4 is 17.5 Å². The highest BCUT2D eigenvalue weighted by molar-refractivity contribution is 6.39. The molecule has 2 rings (SSSR count). The molecule has 1 aromatic carbocycles. The second kappa shape index (κ2) is 6.95. The molecule has 1 unspecified atom stereocenters. The molecule has 0 spiro atoms. The number of nitrogens with one attached hydrogen (secondary N) is 2. The maximum Gasteiger partial charge on any atom is 0.416 e. The van der Waals surface area contributed by atoms with Crippen LogP contribution in [0.3, 0.4) is 0 Å². The minimum atomic E-state index is -4.69. The topological polar surface area (TPSA) is 67.4 Å². The van der Waals surface area contributed by atoms with Gasteiger partial charge in [0.05, 0.1) is 17.4 Å². The number of ether oxygens (including phenoxy) is 1. The highest BCUT2D eigenvalue weighted by Crippen LogP contribution is 2.31. The molecule has 2 N–H and O–H groups in total. The molecule has 1 fully saturated rings. The second-order valence-electron chi connectivity index (χ2n) is 4.99. The molecule has 5 nitrogen and oxygen atoms in total. The van der Waals surface area contributed by atoms with E-state index in [4.69, 9.17) is 4.74 Å². The molecule has 9 heteroatoms. The van der Waals surface area contributed by atoms with E-state index >= 15 is 0 Å². The van der Waals surface area contributed by atoms with Gasteiger partial charge in [0.15, 0.2) is 0 Å². The van der Waals surface area contributed by atoms with Crippen LogP contribution in [0, 0.1) is 5.82 Å². The van der Waals surface area contributed by atoms with Crippen LogP contribution in [-0.2, 0) is 20.5 Å². The Hall–Kier alpha value is -2.16. The van der Waals surface area contributed by atoms with Crippen LogP contribution in [0.4, 0.5) is 23.2 Å². The van der Waals surface area contributed by atoms with Crippen LogP contribution in [0.5, 0.6) is 0 Å². The Morgan fingerprint density at radius 1 is 1.26 bits per heavy atom. The van der Waals surface area contributed by atoms with E-state index in [0.29, 0.717) is 24.8 Å². The monoisotopic (exact) mass is 334 g/mol. The van der Waals surface area contributed by atoms with Gasteiger partial charge in [-0.05, 0) is 31.0 Å². The zero-order chi connectivity index (χ0) is 17.0. The van der Waals surface area contributed by atoms with Gasteiger partial charge in [0.2, 0.25) is 0 Å². The normalized spacial score (nSPS) is 17.8. The zero-order valence-electron chi connectivity index (χ0n) is 11.9. The average Bonchev–Trinajstić information content (AvgIpc) is 2.99. The first-order valence-electron chi connectivity index (χ1n) is 6.85. The van der Waals surface area contributed by atoms with Gasteiger partial charge in [0.25, 0.3) is 0 Å². The van der Waals surface area contributed by atoms with Crippen molar-refractivity contribution in [2.45, 2.75) is 25.1 Å². The maximum absolute atomic E-state index is 13.5. The van der Waals surface area contributed by atoms with Crippen molar-refractivity contribution in [3.05, 3.63) is 29.6 Å². The lowest BCUT2D eigenvalue weighted by Gasteiger charge is -2.12. The highest BCUT2D eigenvalue weighted by Gasteiger charge is 2.31. The lowest BCUT2D eigenvalue weighted by molar-refractivity contribution is -0.137. The van der Waals surface area contributed by atoms with Gasteiger partial charge in [-0.2, -0.15) is 13.2 Å². The van der Waals surface area contributed by atoms with Gasteiger partial charge < -0.3 is 15.4 Å². The first-order chi connectivity index (χ1) is 10.8. The molecular weight excluding hydrogens is 320 g/mol. The summed E-state index contributed by atoms with van der Waals surface area (Å²) < 4.78 is 56.4. The summed E-state index contributed by atoms with van der Waals surface area (Å²) in [5, 5.41) is 4.12. The molecule has 23 heavy (non-hydrogen) atoms.